The minimum Gasteiger partial charge on any atom is -0.380 e. The molecule has 0 saturated carbocycles. The van der Waals surface area contributed by atoms with Crippen LogP contribution in [0.1, 0.15) is 26.3 Å². The number of carbonyl (C=O) groups excluding carboxylic acids is 2. The van der Waals surface area contributed by atoms with Gasteiger partial charge in [0.25, 0.3) is 11.8 Å². The second-order valence-corrected chi connectivity index (χ2v) is 5.89. The summed E-state index contributed by atoms with van der Waals surface area (Å²) in [6.45, 7) is 0.425. The van der Waals surface area contributed by atoms with Crippen LogP contribution in [0.15, 0.2) is 42.5 Å². The van der Waals surface area contributed by atoms with Gasteiger partial charge in [-0.1, -0.05) is 23.7 Å². The Hall–Kier alpha value is -2.37. The lowest BCUT2D eigenvalue weighted by Crippen LogP contribution is -2.22. The van der Waals surface area contributed by atoms with Crippen LogP contribution in [0.25, 0.3) is 0 Å². The van der Waals surface area contributed by atoms with Gasteiger partial charge in [0.2, 0.25) is 0 Å². The van der Waals surface area contributed by atoms with Gasteiger partial charge in [-0.25, -0.2) is 0 Å². The van der Waals surface area contributed by atoms with Crippen molar-refractivity contribution in [2.45, 2.75) is 6.61 Å². The molecule has 0 aromatic heterocycles. The SMILES string of the molecule is COCc1cccc(C(=O)Nc2cc(C(=O)N(C)C)ccc2Cl)c1. The van der Waals surface area contributed by atoms with Crippen LogP contribution in [-0.2, 0) is 11.3 Å². The molecule has 0 aliphatic rings. The van der Waals surface area contributed by atoms with Crippen LogP contribution in [-0.4, -0.2) is 37.9 Å². The van der Waals surface area contributed by atoms with Crippen molar-refractivity contribution in [2.75, 3.05) is 26.5 Å². The quantitative estimate of drug-likeness (QED) is 0.902. The molecule has 0 spiro atoms. The predicted molar refractivity (Wildman–Crippen MR) is 94.6 cm³/mol. The Morgan fingerprint density at radius 2 is 1.88 bits per heavy atom. The summed E-state index contributed by atoms with van der Waals surface area (Å²) in [6.07, 6.45) is 0. The van der Waals surface area contributed by atoms with Crippen LogP contribution in [0.4, 0.5) is 5.69 Å². The molecule has 0 fully saturated rings. The Balaban J connectivity index is 2.24. The number of nitrogens with zero attached hydrogens (tertiary/aromatic N) is 1. The zero-order valence-corrected chi connectivity index (χ0v) is 14.6. The second-order valence-electron chi connectivity index (χ2n) is 5.48. The Labute approximate surface area is 146 Å². The van der Waals surface area contributed by atoms with Crippen molar-refractivity contribution in [2.24, 2.45) is 0 Å². The fraction of sp³-hybridized carbons (Fsp3) is 0.222. The molecule has 0 atom stereocenters. The summed E-state index contributed by atoms with van der Waals surface area (Å²) in [5.74, 6) is -0.464. The summed E-state index contributed by atoms with van der Waals surface area (Å²) in [7, 11) is 4.92. The number of hydrogen-bond donors (Lipinski definition) is 1. The van der Waals surface area contributed by atoms with Crippen LogP contribution in [0.2, 0.25) is 5.02 Å². The number of nitrogens with one attached hydrogen (secondary N) is 1. The molecule has 2 aromatic carbocycles. The third-order valence-electron chi connectivity index (χ3n) is 3.37. The third-order valence-corrected chi connectivity index (χ3v) is 3.70. The highest BCUT2D eigenvalue weighted by Gasteiger charge is 2.13. The van der Waals surface area contributed by atoms with E-state index in [9.17, 15) is 9.59 Å². The lowest BCUT2D eigenvalue weighted by Gasteiger charge is -2.13. The van der Waals surface area contributed by atoms with E-state index in [1.807, 2.05) is 6.07 Å². The van der Waals surface area contributed by atoms with Crippen molar-refractivity contribution < 1.29 is 14.3 Å². The first-order chi connectivity index (χ1) is 11.4. The molecule has 2 aromatic rings. The highest BCUT2D eigenvalue weighted by atomic mass is 35.5. The van der Waals surface area contributed by atoms with Crippen molar-refractivity contribution in [1.29, 1.82) is 0 Å². The maximum absolute atomic E-state index is 12.4. The Bertz CT molecular complexity index is 760. The Morgan fingerprint density at radius 3 is 2.54 bits per heavy atom. The zero-order valence-electron chi connectivity index (χ0n) is 13.8. The fourth-order valence-electron chi connectivity index (χ4n) is 2.18. The number of rotatable bonds is 5. The van der Waals surface area contributed by atoms with E-state index < -0.39 is 0 Å². The molecular weight excluding hydrogens is 328 g/mol. The van der Waals surface area contributed by atoms with Gasteiger partial charge in [-0.05, 0) is 35.9 Å². The van der Waals surface area contributed by atoms with Crippen molar-refractivity contribution in [3.8, 4) is 0 Å². The molecule has 0 bridgehead atoms. The summed E-state index contributed by atoms with van der Waals surface area (Å²) in [5, 5.41) is 3.11. The van der Waals surface area contributed by atoms with E-state index in [1.54, 1.807) is 57.6 Å². The number of amides is 2. The molecular formula is C18H19ClN2O3. The monoisotopic (exact) mass is 346 g/mol. The van der Waals surface area contributed by atoms with Gasteiger partial charge in [0, 0.05) is 32.3 Å². The fourth-order valence-corrected chi connectivity index (χ4v) is 2.34. The lowest BCUT2D eigenvalue weighted by molar-refractivity contribution is 0.0827. The van der Waals surface area contributed by atoms with E-state index in [1.165, 1.54) is 4.90 Å². The number of halogens is 1. The average molecular weight is 347 g/mol. The molecule has 24 heavy (non-hydrogen) atoms. The largest absolute Gasteiger partial charge is 0.380 e. The van der Waals surface area contributed by atoms with E-state index in [-0.39, 0.29) is 11.8 Å². The number of benzene rings is 2. The number of methoxy groups -OCH3 is 1. The average Bonchev–Trinajstić information content (AvgIpc) is 2.56. The molecule has 0 unspecified atom stereocenters. The molecule has 0 heterocycles. The van der Waals surface area contributed by atoms with Crippen LogP contribution in [0.5, 0.6) is 0 Å². The molecule has 6 heteroatoms. The minimum atomic E-state index is -0.302. The van der Waals surface area contributed by atoms with E-state index >= 15 is 0 Å². The van der Waals surface area contributed by atoms with Crippen molar-refractivity contribution in [3.63, 3.8) is 0 Å². The summed E-state index contributed by atoms with van der Waals surface area (Å²) in [6, 6.07) is 11.9. The minimum absolute atomic E-state index is 0.163. The van der Waals surface area contributed by atoms with E-state index in [4.69, 9.17) is 16.3 Å². The molecule has 0 radical (unpaired) electrons. The normalized spacial score (nSPS) is 10.3. The highest BCUT2D eigenvalue weighted by Crippen LogP contribution is 2.24. The van der Waals surface area contributed by atoms with Gasteiger partial charge in [-0.2, -0.15) is 0 Å². The molecule has 126 valence electrons. The van der Waals surface area contributed by atoms with Crippen LogP contribution >= 0.6 is 11.6 Å². The Kier molecular flexibility index (Phi) is 5.95. The van der Waals surface area contributed by atoms with Gasteiger partial charge in [-0.3, -0.25) is 9.59 Å². The summed E-state index contributed by atoms with van der Waals surface area (Å²) < 4.78 is 5.07. The number of ether oxygens (including phenoxy) is 1. The van der Waals surface area contributed by atoms with Gasteiger partial charge in [-0.15, -0.1) is 0 Å². The number of hydrogen-bond acceptors (Lipinski definition) is 3. The van der Waals surface area contributed by atoms with Gasteiger partial charge < -0.3 is 15.0 Å². The lowest BCUT2D eigenvalue weighted by atomic mass is 10.1. The predicted octanol–water partition coefficient (Wildman–Crippen LogP) is 3.44. The first kappa shape index (κ1) is 18.0. The smallest absolute Gasteiger partial charge is 0.255 e. The van der Waals surface area contributed by atoms with Gasteiger partial charge in [0.15, 0.2) is 0 Å². The maximum Gasteiger partial charge on any atom is 0.255 e. The van der Waals surface area contributed by atoms with Crippen LogP contribution in [0, 0.1) is 0 Å². The summed E-state index contributed by atoms with van der Waals surface area (Å²) in [4.78, 5) is 25.9. The van der Waals surface area contributed by atoms with Crippen molar-refractivity contribution >= 4 is 29.1 Å². The molecule has 0 aliphatic heterocycles. The summed E-state index contributed by atoms with van der Waals surface area (Å²) in [5.41, 5.74) is 2.23. The molecule has 1 N–H and O–H groups in total. The molecule has 0 saturated heterocycles. The number of anilines is 1. The van der Waals surface area contributed by atoms with Gasteiger partial charge >= 0.3 is 0 Å². The molecule has 5 nitrogen and oxygen atoms in total. The number of carbonyl (C=O) groups is 2. The van der Waals surface area contributed by atoms with E-state index in [0.29, 0.717) is 28.4 Å². The second kappa shape index (κ2) is 7.95. The van der Waals surface area contributed by atoms with E-state index in [2.05, 4.69) is 5.32 Å². The Morgan fingerprint density at radius 1 is 1.12 bits per heavy atom. The van der Waals surface area contributed by atoms with Crippen LogP contribution in [0.3, 0.4) is 0 Å². The third kappa shape index (κ3) is 4.34. The first-order valence-corrected chi connectivity index (χ1v) is 7.70. The van der Waals surface area contributed by atoms with Gasteiger partial charge in [0.1, 0.15) is 0 Å². The summed E-state index contributed by atoms with van der Waals surface area (Å²) >= 11 is 6.13. The molecule has 2 rings (SSSR count). The first-order valence-electron chi connectivity index (χ1n) is 7.33. The standard InChI is InChI=1S/C18H19ClN2O3/c1-21(2)18(23)14-7-8-15(19)16(10-14)20-17(22)13-6-4-5-12(9-13)11-24-3/h4-10H,11H2,1-3H3,(H,20,22). The zero-order chi connectivity index (χ0) is 17.7. The van der Waals surface area contributed by atoms with E-state index in [0.717, 1.165) is 5.56 Å². The van der Waals surface area contributed by atoms with Crippen molar-refractivity contribution in [1.82, 2.24) is 4.90 Å². The highest BCUT2D eigenvalue weighted by molar-refractivity contribution is 6.34. The molecule has 2 amide bonds. The maximum atomic E-state index is 12.4. The van der Waals surface area contributed by atoms with Gasteiger partial charge in [0.05, 0.1) is 17.3 Å². The van der Waals surface area contributed by atoms with Crippen molar-refractivity contribution in [3.05, 3.63) is 64.2 Å². The van der Waals surface area contributed by atoms with Crippen LogP contribution < -0.4 is 5.32 Å². The molecule has 0 aliphatic carbocycles. The topological polar surface area (TPSA) is 58.6 Å².